The topological polar surface area (TPSA) is 12.0 Å². The smallest absolute Gasteiger partial charge is 0.0494 e. The lowest BCUT2D eigenvalue weighted by atomic mass is 10.2. The van der Waals surface area contributed by atoms with E-state index in [-0.39, 0.29) is 0 Å². The molecule has 0 radical (unpaired) electrons. The molecule has 0 unspecified atom stereocenters. The highest BCUT2D eigenvalue weighted by atomic mass is 79.9. The van der Waals surface area contributed by atoms with Crippen molar-refractivity contribution < 1.29 is 0 Å². The van der Waals surface area contributed by atoms with Crippen LogP contribution >= 0.6 is 54.5 Å². The lowest BCUT2D eigenvalue weighted by Gasteiger charge is -2.07. The summed E-state index contributed by atoms with van der Waals surface area (Å²) < 4.78 is 2.15. The van der Waals surface area contributed by atoms with Crippen LogP contribution in [0.5, 0.6) is 0 Å². The molecule has 0 saturated carbocycles. The number of nitrogens with one attached hydrogen (secondary N) is 1. The maximum atomic E-state index is 3.57. The third-order valence-corrected chi connectivity index (χ3v) is 5.85. The number of hydrogen-bond acceptors (Lipinski definition) is 3. The number of rotatable bonds is 4. The van der Waals surface area contributed by atoms with Crippen LogP contribution in [0.4, 0.5) is 5.69 Å². The van der Waals surface area contributed by atoms with E-state index in [2.05, 4.69) is 72.2 Å². The fourth-order valence-electron chi connectivity index (χ4n) is 1.86. The van der Waals surface area contributed by atoms with Crippen LogP contribution < -0.4 is 5.32 Å². The van der Waals surface area contributed by atoms with E-state index in [1.165, 1.54) is 15.3 Å². The minimum atomic E-state index is 0.844. The lowest BCUT2D eigenvalue weighted by molar-refractivity contribution is 1.19. The normalized spacial score (nSPS) is 10.7. The van der Waals surface area contributed by atoms with Gasteiger partial charge in [-0.1, -0.05) is 22.0 Å². The monoisotopic (exact) mass is 427 g/mol. The van der Waals surface area contributed by atoms with Crippen LogP contribution in [0.2, 0.25) is 0 Å². The summed E-state index contributed by atoms with van der Waals surface area (Å²) in [7, 11) is 0. The largest absolute Gasteiger partial charge is 0.379 e. The molecule has 1 N–H and O–H groups in total. The summed E-state index contributed by atoms with van der Waals surface area (Å²) in [6, 6.07) is 12.7. The second-order valence-electron chi connectivity index (χ2n) is 4.26. The molecule has 1 aromatic carbocycles. The molecule has 2 heterocycles. The maximum Gasteiger partial charge on any atom is 0.0494 e. The summed E-state index contributed by atoms with van der Waals surface area (Å²) in [5.74, 6) is 0. The molecule has 3 aromatic rings. The average molecular weight is 429 g/mol. The summed E-state index contributed by atoms with van der Waals surface area (Å²) in [4.78, 5) is 2.67. The number of halogens is 2. The Bertz CT molecular complexity index is 704. The van der Waals surface area contributed by atoms with Crippen molar-refractivity contribution in [3.05, 3.63) is 61.0 Å². The molecule has 5 heteroatoms. The van der Waals surface area contributed by atoms with Crippen molar-refractivity contribution >= 4 is 60.2 Å². The van der Waals surface area contributed by atoms with E-state index in [1.807, 2.05) is 12.1 Å². The van der Waals surface area contributed by atoms with Crippen molar-refractivity contribution in [3.63, 3.8) is 0 Å². The third-order valence-electron chi connectivity index (χ3n) is 2.84. The van der Waals surface area contributed by atoms with Gasteiger partial charge in [-0.25, -0.2) is 0 Å². The van der Waals surface area contributed by atoms with Gasteiger partial charge in [-0.3, -0.25) is 0 Å². The lowest BCUT2D eigenvalue weighted by Crippen LogP contribution is -1.97. The van der Waals surface area contributed by atoms with Crippen molar-refractivity contribution in [1.82, 2.24) is 0 Å². The Morgan fingerprint density at radius 3 is 2.70 bits per heavy atom. The van der Waals surface area contributed by atoms with Crippen molar-refractivity contribution in [2.45, 2.75) is 6.54 Å². The Morgan fingerprint density at radius 2 is 1.95 bits per heavy atom. The fraction of sp³-hybridized carbons (Fsp3) is 0.0667. The Hall–Kier alpha value is -0.620. The van der Waals surface area contributed by atoms with E-state index in [1.54, 1.807) is 22.7 Å². The van der Waals surface area contributed by atoms with Gasteiger partial charge in [0.05, 0.1) is 0 Å². The molecule has 0 bridgehead atoms. The summed E-state index contributed by atoms with van der Waals surface area (Å²) in [5.41, 5.74) is 2.43. The van der Waals surface area contributed by atoms with Gasteiger partial charge in [-0.05, 0) is 57.0 Å². The molecule has 2 aromatic heterocycles. The van der Waals surface area contributed by atoms with E-state index in [0.29, 0.717) is 0 Å². The van der Waals surface area contributed by atoms with Gasteiger partial charge in [0.1, 0.15) is 0 Å². The van der Waals surface area contributed by atoms with Crippen LogP contribution in [-0.2, 0) is 6.54 Å². The first-order chi connectivity index (χ1) is 9.72. The van der Waals surface area contributed by atoms with Crippen molar-refractivity contribution in [2.24, 2.45) is 0 Å². The molecule has 0 atom stereocenters. The number of benzene rings is 1. The molecular formula is C15H11Br2NS2. The van der Waals surface area contributed by atoms with Crippen LogP contribution in [0.15, 0.2) is 56.1 Å². The number of hydrogen-bond donors (Lipinski definition) is 1. The average Bonchev–Trinajstić information content (AvgIpc) is 3.08. The van der Waals surface area contributed by atoms with Crippen molar-refractivity contribution in [2.75, 3.05) is 5.32 Å². The van der Waals surface area contributed by atoms with E-state index in [9.17, 15) is 0 Å². The van der Waals surface area contributed by atoms with Gasteiger partial charge in [0.15, 0.2) is 0 Å². The van der Waals surface area contributed by atoms with Crippen LogP contribution in [0.3, 0.4) is 0 Å². The zero-order valence-corrected chi connectivity index (χ0v) is 15.2. The molecule has 0 aliphatic rings. The van der Waals surface area contributed by atoms with Crippen molar-refractivity contribution in [3.8, 4) is 10.4 Å². The molecule has 0 spiro atoms. The fourth-order valence-corrected chi connectivity index (χ4v) is 4.66. The van der Waals surface area contributed by atoms with E-state index in [0.717, 1.165) is 21.2 Å². The zero-order valence-electron chi connectivity index (χ0n) is 10.4. The summed E-state index contributed by atoms with van der Waals surface area (Å²) in [5, 5.41) is 7.80. The van der Waals surface area contributed by atoms with E-state index < -0.39 is 0 Å². The van der Waals surface area contributed by atoms with Gasteiger partial charge in [0.2, 0.25) is 0 Å². The Morgan fingerprint density at radius 1 is 1.05 bits per heavy atom. The first kappa shape index (κ1) is 14.3. The summed E-state index contributed by atoms with van der Waals surface area (Å²) in [6.07, 6.45) is 0. The molecule has 3 rings (SSSR count). The Kier molecular flexibility index (Phi) is 4.61. The molecule has 0 aliphatic carbocycles. The molecule has 0 aliphatic heterocycles. The van der Waals surface area contributed by atoms with Crippen LogP contribution in [0.25, 0.3) is 10.4 Å². The number of thiophene rings is 2. The first-order valence-corrected chi connectivity index (χ1v) is 9.37. The second kappa shape index (κ2) is 6.43. The van der Waals surface area contributed by atoms with Gasteiger partial charge < -0.3 is 5.32 Å². The molecule has 0 amide bonds. The highest BCUT2D eigenvalue weighted by Crippen LogP contribution is 2.31. The van der Waals surface area contributed by atoms with Crippen LogP contribution in [0, 0.1) is 0 Å². The molecule has 0 fully saturated rings. The van der Waals surface area contributed by atoms with Gasteiger partial charge in [0, 0.05) is 36.5 Å². The van der Waals surface area contributed by atoms with Gasteiger partial charge in [0.25, 0.3) is 0 Å². The predicted octanol–water partition coefficient (Wildman–Crippen LogP) is 6.61. The van der Waals surface area contributed by atoms with E-state index in [4.69, 9.17) is 0 Å². The highest BCUT2D eigenvalue weighted by Gasteiger charge is 2.05. The van der Waals surface area contributed by atoms with Gasteiger partial charge >= 0.3 is 0 Å². The summed E-state index contributed by atoms with van der Waals surface area (Å²) >= 11 is 10.6. The maximum absolute atomic E-state index is 3.57. The zero-order chi connectivity index (χ0) is 13.9. The Labute approximate surface area is 142 Å². The van der Waals surface area contributed by atoms with Crippen molar-refractivity contribution in [1.29, 1.82) is 0 Å². The molecule has 20 heavy (non-hydrogen) atoms. The third kappa shape index (κ3) is 3.34. The Balaban J connectivity index is 1.70. The SMILES string of the molecule is Brc1ccc(NCc2cc(-c3cccs3)cs2)c(Br)c1. The number of anilines is 1. The predicted molar refractivity (Wildman–Crippen MR) is 96.8 cm³/mol. The summed E-state index contributed by atoms with van der Waals surface area (Å²) in [6.45, 7) is 0.844. The molecular weight excluding hydrogens is 418 g/mol. The molecule has 102 valence electrons. The second-order valence-corrected chi connectivity index (χ2v) is 7.97. The van der Waals surface area contributed by atoms with Crippen LogP contribution in [0.1, 0.15) is 4.88 Å². The van der Waals surface area contributed by atoms with E-state index >= 15 is 0 Å². The molecule has 1 nitrogen and oxygen atoms in total. The quantitative estimate of drug-likeness (QED) is 0.492. The minimum Gasteiger partial charge on any atom is -0.379 e. The van der Waals surface area contributed by atoms with Gasteiger partial charge in [-0.15, -0.1) is 22.7 Å². The minimum absolute atomic E-state index is 0.844. The molecule has 0 saturated heterocycles. The standard InChI is InChI=1S/C15H11Br2NS2/c16-11-3-4-14(13(17)7-11)18-8-12-6-10(9-20-12)15-2-1-5-19-15/h1-7,9,18H,8H2. The highest BCUT2D eigenvalue weighted by molar-refractivity contribution is 9.11. The van der Waals surface area contributed by atoms with Crippen LogP contribution in [-0.4, -0.2) is 0 Å². The van der Waals surface area contributed by atoms with Gasteiger partial charge in [-0.2, -0.15) is 0 Å². The first-order valence-electron chi connectivity index (χ1n) is 6.02.